The Morgan fingerprint density at radius 1 is 1.35 bits per heavy atom. The van der Waals surface area contributed by atoms with Gasteiger partial charge in [0.05, 0.1) is 29.3 Å². The number of rotatable bonds is 7. The van der Waals surface area contributed by atoms with Crippen LogP contribution in [-0.4, -0.2) is 53.4 Å². The SMILES string of the molecule is Cc1c(NC(=O)C(C)Sc2nnnn2CC2CCCO2)c(=O)n(-c2ccccc2)n1C. The molecule has 31 heavy (non-hydrogen) atoms. The molecule has 1 saturated heterocycles. The fraction of sp³-hybridized carbons (Fsp3) is 0.450. The number of anilines is 1. The van der Waals surface area contributed by atoms with Crippen molar-refractivity contribution >= 4 is 23.4 Å². The lowest BCUT2D eigenvalue weighted by Crippen LogP contribution is -2.27. The maximum absolute atomic E-state index is 13.0. The molecular weight excluding hydrogens is 418 g/mol. The van der Waals surface area contributed by atoms with Gasteiger partial charge in [-0.05, 0) is 49.2 Å². The van der Waals surface area contributed by atoms with Crippen LogP contribution >= 0.6 is 11.8 Å². The number of thioether (sulfide) groups is 1. The Balaban J connectivity index is 1.48. The van der Waals surface area contributed by atoms with Crippen LogP contribution in [0.25, 0.3) is 5.69 Å². The maximum atomic E-state index is 13.0. The van der Waals surface area contributed by atoms with Crippen LogP contribution < -0.4 is 10.9 Å². The Bertz CT molecular complexity index is 1120. The largest absolute Gasteiger partial charge is 0.376 e. The highest BCUT2D eigenvalue weighted by molar-refractivity contribution is 8.00. The van der Waals surface area contributed by atoms with E-state index in [1.165, 1.54) is 16.4 Å². The second-order valence-electron chi connectivity index (χ2n) is 7.46. The van der Waals surface area contributed by atoms with Crippen LogP contribution in [-0.2, 0) is 23.1 Å². The molecule has 164 valence electrons. The summed E-state index contributed by atoms with van der Waals surface area (Å²) in [5.41, 5.74) is 1.39. The molecule has 0 bridgehead atoms. The zero-order valence-corrected chi connectivity index (χ0v) is 18.5. The van der Waals surface area contributed by atoms with Crippen molar-refractivity contribution < 1.29 is 9.53 Å². The molecule has 0 spiro atoms. The van der Waals surface area contributed by atoms with Crippen molar-refractivity contribution in [3.8, 4) is 5.69 Å². The lowest BCUT2D eigenvalue weighted by molar-refractivity contribution is -0.115. The molecule has 1 aliphatic rings. The number of benzene rings is 1. The quantitative estimate of drug-likeness (QED) is 0.554. The summed E-state index contributed by atoms with van der Waals surface area (Å²) in [4.78, 5) is 25.9. The zero-order valence-electron chi connectivity index (χ0n) is 17.7. The van der Waals surface area contributed by atoms with Gasteiger partial charge >= 0.3 is 0 Å². The topological polar surface area (TPSA) is 109 Å². The summed E-state index contributed by atoms with van der Waals surface area (Å²) < 4.78 is 10.6. The Kier molecular flexibility index (Phi) is 6.23. The minimum Gasteiger partial charge on any atom is -0.376 e. The normalized spacial score (nSPS) is 17.1. The third-order valence-corrected chi connectivity index (χ3v) is 6.42. The first-order valence-corrected chi connectivity index (χ1v) is 11.0. The van der Waals surface area contributed by atoms with Crippen LogP contribution in [0.2, 0.25) is 0 Å². The highest BCUT2D eigenvalue weighted by Gasteiger charge is 2.24. The predicted molar refractivity (Wildman–Crippen MR) is 116 cm³/mol. The van der Waals surface area contributed by atoms with Gasteiger partial charge in [-0.25, -0.2) is 9.36 Å². The van der Waals surface area contributed by atoms with Crippen molar-refractivity contribution in [2.45, 2.75) is 49.7 Å². The first kappa shape index (κ1) is 21.3. The van der Waals surface area contributed by atoms with Crippen molar-refractivity contribution in [3.63, 3.8) is 0 Å². The highest BCUT2D eigenvalue weighted by atomic mass is 32.2. The number of hydrogen-bond acceptors (Lipinski definition) is 7. The lowest BCUT2D eigenvalue weighted by Gasteiger charge is -2.13. The van der Waals surface area contributed by atoms with Gasteiger partial charge in [0, 0.05) is 13.7 Å². The van der Waals surface area contributed by atoms with Gasteiger partial charge in [-0.15, -0.1) is 5.10 Å². The average Bonchev–Trinajstić information content (AvgIpc) is 3.48. The first-order valence-electron chi connectivity index (χ1n) is 10.1. The van der Waals surface area contributed by atoms with Gasteiger partial charge in [0.2, 0.25) is 11.1 Å². The summed E-state index contributed by atoms with van der Waals surface area (Å²) in [6.07, 6.45) is 2.10. The monoisotopic (exact) mass is 443 g/mol. The Labute approximate surface area is 183 Å². The van der Waals surface area contributed by atoms with Gasteiger partial charge in [-0.2, -0.15) is 0 Å². The van der Waals surface area contributed by atoms with E-state index in [9.17, 15) is 9.59 Å². The molecule has 3 heterocycles. The van der Waals surface area contributed by atoms with E-state index >= 15 is 0 Å². The predicted octanol–water partition coefficient (Wildman–Crippen LogP) is 1.77. The van der Waals surface area contributed by atoms with Crippen LogP contribution in [0, 0.1) is 6.92 Å². The molecule has 11 heteroatoms. The number of carbonyl (C=O) groups is 1. The summed E-state index contributed by atoms with van der Waals surface area (Å²) in [7, 11) is 1.79. The average molecular weight is 444 g/mol. The fourth-order valence-corrected chi connectivity index (χ4v) is 4.32. The lowest BCUT2D eigenvalue weighted by atomic mass is 10.2. The molecule has 2 unspecified atom stereocenters. The van der Waals surface area contributed by atoms with Crippen molar-refractivity contribution in [3.05, 3.63) is 46.4 Å². The van der Waals surface area contributed by atoms with Gasteiger partial charge in [0.25, 0.3) is 5.56 Å². The summed E-state index contributed by atoms with van der Waals surface area (Å²) in [6.45, 7) is 4.88. The van der Waals surface area contributed by atoms with Crippen molar-refractivity contribution in [1.29, 1.82) is 0 Å². The number of tetrazole rings is 1. The highest BCUT2D eigenvalue weighted by Crippen LogP contribution is 2.23. The van der Waals surface area contributed by atoms with Gasteiger partial charge in [0.1, 0.15) is 5.69 Å². The van der Waals surface area contributed by atoms with Crippen LogP contribution in [0.15, 0.2) is 40.3 Å². The van der Waals surface area contributed by atoms with Gasteiger partial charge in [-0.3, -0.25) is 14.3 Å². The van der Waals surface area contributed by atoms with Gasteiger partial charge in [0.15, 0.2) is 0 Å². The second kappa shape index (κ2) is 9.06. The third-order valence-electron chi connectivity index (χ3n) is 5.35. The molecule has 0 aliphatic carbocycles. The smallest absolute Gasteiger partial charge is 0.295 e. The molecule has 2 aromatic heterocycles. The number of nitrogens with one attached hydrogen (secondary N) is 1. The molecule has 1 fully saturated rings. The van der Waals surface area contributed by atoms with Gasteiger partial charge < -0.3 is 10.1 Å². The number of aromatic nitrogens is 6. The number of hydrogen-bond donors (Lipinski definition) is 1. The van der Waals surface area contributed by atoms with E-state index in [0.29, 0.717) is 17.4 Å². The van der Waals surface area contributed by atoms with Crippen LogP contribution in [0.4, 0.5) is 5.69 Å². The van der Waals surface area contributed by atoms with Crippen molar-refractivity contribution in [1.82, 2.24) is 29.6 Å². The first-order chi connectivity index (χ1) is 15.0. The number of amides is 1. The molecule has 0 saturated carbocycles. The minimum atomic E-state index is -0.501. The third kappa shape index (κ3) is 4.42. The summed E-state index contributed by atoms with van der Waals surface area (Å²) in [5.74, 6) is -0.289. The zero-order chi connectivity index (χ0) is 22.0. The van der Waals surface area contributed by atoms with E-state index in [2.05, 4.69) is 20.8 Å². The molecule has 1 aliphatic heterocycles. The molecule has 3 aromatic rings. The second-order valence-corrected chi connectivity index (χ2v) is 8.77. The Hall–Kier alpha value is -2.92. The van der Waals surface area contributed by atoms with E-state index in [1.54, 1.807) is 30.3 Å². The molecule has 1 aromatic carbocycles. The number of ether oxygens (including phenoxy) is 1. The number of nitrogens with zero attached hydrogens (tertiary/aromatic N) is 6. The van der Waals surface area contributed by atoms with Crippen LogP contribution in [0.1, 0.15) is 25.5 Å². The molecular formula is C20H25N7O3S. The van der Waals surface area contributed by atoms with Crippen molar-refractivity contribution in [2.75, 3.05) is 11.9 Å². The fourth-order valence-electron chi connectivity index (χ4n) is 3.53. The van der Waals surface area contributed by atoms with E-state index in [4.69, 9.17) is 4.74 Å². The number of carbonyl (C=O) groups excluding carboxylic acids is 1. The summed E-state index contributed by atoms with van der Waals surface area (Å²) >= 11 is 1.25. The van der Waals surface area contributed by atoms with E-state index in [0.717, 1.165) is 25.1 Å². The molecule has 1 amide bonds. The summed E-state index contributed by atoms with van der Waals surface area (Å²) in [6, 6.07) is 9.31. The number of para-hydroxylation sites is 1. The Morgan fingerprint density at radius 2 is 2.13 bits per heavy atom. The molecule has 1 N–H and O–H groups in total. The van der Waals surface area contributed by atoms with E-state index in [-0.39, 0.29) is 23.3 Å². The van der Waals surface area contributed by atoms with Crippen molar-refractivity contribution in [2.24, 2.45) is 7.05 Å². The van der Waals surface area contributed by atoms with E-state index < -0.39 is 5.25 Å². The van der Waals surface area contributed by atoms with Crippen LogP contribution in [0.5, 0.6) is 0 Å². The Morgan fingerprint density at radius 3 is 2.84 bits per heavy atom. The molecule has 2 atom stereocenters. The molecule has 0 radical (unpaired) electrons. The van der Waals surface area contributed by atoms with Crippen LogP contribution in [0.3, 0.4) is 0 Å². The molecule has 10 nitrogen and oxygen atoms in total. The van der Waals surface area contributed by atoms with Gasteiger partial charge in [-0.1, -0.05) is 30.0 Å². The standard InChI is InChI=1S/C20H25N7O3S/c1-13-17(19(29)27(25(13)3)15-8-5-4-6-9-15)21-18(28)14(2)31-20-22-23-24-26(20)12-16-10-7-11-30-16/h4-6,8-9,14,16H,7,10-12H2,1-3H3,(H,21,28). The minimum absolute atomic E-state index is 0.0930. The maximum Gasteiger partial charge on any atom is 0.295 e. The molecule has 4 rings (SSSR count). The van der Waals surface area contributed by atoms with E-state index in [1.807, 2.05) is 30.3 Å². The summed E-state index contributed by atoms with van der Waals surface area (Å²) in [5, 5.41) is 14.6.